The SMILES string of the molecule is Cc1ccc(S(=O)(=O)Oc2cc(C(=O)O)ccc2C)cc1. The standard InChI is InChI=1S/C15H14O5S/c1-10-3-7-13(8-4-10)21(18,19)20-14-9-12(15(16)17)6-5-11(14)2/h3-9H,1-2H3,(H,16,17). The summed E-state index contributed by atoms with van der Waals surface area (Å²) >= 11 is 0. The Labute approximate surface area is 122 Å². The molecule has 0 unspecified atom stereocenters. The molecular weight excluding hydrogens is 292 g/mol. The van der Waals surface area contributed by atoms with Gasteiger partial charge in [0.05, 0.1) is 5.56 Å². The molecule has 1 N–H and O–H groups in total. The number of benzene rings is 2. The quantitative estimate of drug-likeness (QED) is 0.878. The zero-order valence-electron chi connectivity index (χ0n) is 11.5. The lowest BCUT2D eigenvalue weighted by Gasteiger charge is -2.10. The van der Waals surface area contributed by atoms with Crippen LogP contribution in [0.5, 0.6) is 5.75 Å². The van der Waals surface area contributed by atoms with Crippen LogP contribution in [-0.4, -0.2) is 19.5 Å². The summed E-state index contributed by atoms with van der Waals surface area (Å²) in [7, 11) is -3.99. The number of rotatable bonds is 4. The van der Waals surface area contributed by atoms with Crippen molar-refractivity contribution in [3.05, 3.63) is 59.2 Å². The monoisotopic (exact) mass is 306 g/mol. The minimum absolute atomic E-state index is 0.00970. The van der Waals surface area contributed by atoms with E-state index in [9.17, 15) is 13.2 Å². The molecule has 21 heavy (non-hydrogen) atoms. The van der Waals surface area contributed by atoms with E-state index in [2.05, 4.69) is 0 Å². The van der Waals surface area contributed by atoms with Crippen molar-refractivity contribution in [3.63, 3.8) is 0 Å². The van der Waals surface area contributed by atoms with Crippen LogP contribution < -0.4 is 4.18 Å². The van der Waals surface area contributed by atoms with Crippen LogP contribution in [0.15, 0.2) is 47.4 Å². The van der Waals surface area contributed by atoms with Crippen LogP contribution in [0.2, 0.25) is 0 Å². The second kappa shape index (κ2) is 5.57. The molecule has 6 heteroatoms. The van der Waals surface area contributed by atoms with E-state index < -0.39 is 16.1 Å². The summed E-state index contributed by atoms with van der Waals surface area (Å²) in [5.41, 5.74) is 1.43. The fourth-order valence-corrected chi connectivity index (χ4v) is 2.68. The van der Waals surface area contributed by atoms with Crippen LogP contribution >= 0.6 is 0 Å². The highest BCUT2D eigenvalue weighted by atomic mass is 32.2. The Morgan fingerprint density at radius 3 is 2.24 bits per heavy atom. The summed E-state index contributed by atoms with van der Waals surface area (Å²) in [4.78, 5) is 11.0. The Hall–Kier alpha value is -2.34. The van der Waals surface area contributed by atoms with Crippen molar-refractivity contribution in [1.82, 2.24) is 0 Å². The highest BCUT2D eigenvalue weighted by Gasteiger charge is 2.18. The molecule has 0 amide bonds. The van der Waals surface area contributed by atoms with Gasteiger partial charge in [0.1, 0.15) is 10.6 Å². The van der Waals surface area contributed by atoms with Crippen LogP contribution in [0.1, 0.15) is 21.5 Å². The number of aromatic carboxylic acids is 1. The van der Waals surface area contributed by atoms with Crippen LogP contribution in [0.3, 0.4) is 0 Å². The number of carboxylic acids is 1. The Bertz CT molecular complexity index is 776. The van der Waals surface area contributed by atoms with Gasteiger partial charge in [0.15, 0.2) is 0 Å². The molecule has 0 aliphatic carbocycles. The van der Waals surface area contributed by atoms with Gasteiger partial charge in [0.2, 0.25) is 0 Å². The zero-order chi connectivity index (χ0) is 15.6. The average molecular weight is 306 g/mol. The smallest absolute Gasteiger partial charge is 0.339 e. The maximum absolute atomic E-state index is 12.2. The van der Waals surface area contributed by atoms with E-state index >= 15 is 0 Å². The van der Waals surface area contributed by atoms with Gasteiger partial charge in [-0.05, 0) is 43.7 Å². The molecule has 0 fully saturated rings. The molecular formula is C15H14O5S. The van der Waals surface area contributed by atoms with Crippen molar-refractivity contribution in [2.24, 2.45) is 0 Å². The fraction of sp³-hybridized carbons (Fsp3) is 0.133. The fourth-order valence-electron chi connectivity index (χ4n) is 1.69. The second-order valence-corrected chi connectivity index (χ2v) is 6.18. The van der Waals surface area contributed by atoms with E-state index in [1.807, 2.05) is 6.92 Å². The molecule has 0 saturated heterocycles. The number of hydrogen-bond acceptors (Lipinski definition) is 4. The van der Waals surface area contributed by atoms with E-state index in [1.165, 1.54) is 30.3 Å². The van der Waals surface area contributed by atoms with Crippen molar-refractivity contribution in [2.75, 3.05) is 0 Å². The van der Waals surface area contributed by atoms with Crippen LogP contribution in [0.4, 0.5) is 0 Å². The predicted molar refractivity (Wildman–Crippen MR) is 77.1 cm³/mol. The first kappa shape index (κ1) is 15.1. The van der Waals surface area contributed by atoms with Gasteiger partial charge in [-0.15, -0.1) is 0 Å². The molecule has 0 spiro atoms. The van der Waals surface area contributed by atoms with Gasteiger partial charge in [-0.3, -0.25) is 0 Å². The summed E-state index contributed by atoms with van der Waals surface area (Å²) in [6.45, 7) is 3.49. The normalized spacial score (nSPS) is 11.1. The van der Waals surface area contributed by atoms with Crippen molar-refractivity contribution in [2.45, 2.75) is 18.7 Å². The number of hydrogen-bond donors (Lipinski definition) is 1. The van der Waals surface area contributed by atoms with Gasteiger partial charge in [-0.1, -0.05) is 23.8 Å². The molecule has 0 radical (unpaired) electrons. The van der Waals surface area contributed by atoms with Gasteiger partial charge in [0, 0.05) is 0 Å². The maximum atomic E-state index is 12.2. The van der Waals surface area contributed by atoms with Crippen LogP contribution in [0.25, 0.3) is 0 Å². The van der Waals surface area contributed by atoms with Crippen molar-refractivity contribution in [3.8, 4) is 5.75 Å². The summed E-state index contributed by atoms with van der Waals surface area (Å²) in [5, 5.41) is 8.94. The summed E-state index contributed by atoms with van der Waals surface area (Å²) in [5.74, 6) is -1.14. The van der Waals surface area contributed by atoms with Gasteiger partial charge in [-0.2, -0.15) is 8.42 Å². The van der Waals surface area contributed by atoms with Crippen molar-refractivity contribution < 1.29 is 22.5 Å². The van der Waals surface area contributed by atoms with Gasteiger partial charge < -0.3 is 9.29 Å². The Kier molecular flexibility index (Phi) is 3.99. The van der Waals surface area contributed by atoms with Crippen LogP contribution in [0, 0.1) is 13.8 Å². The lowest BCUT2D eigenvalue weighted by atomic mass is 10.1. The number of carbonyl (C=O) groups is 1. The molecule has 0 aliphatic rings. The number of aryl methyl sites for hydroxylation is 2. The first-order chi connectivity index (χ1) is 9.79. The Morgan fingerprint density at radius 2 is 1.67 bits per heavy atom. The molecule has 0 atom stereocenters. The maximum Gasteiger partial charge on any atom is 0.339 e. The summed E-state index contributed by atoms with van der Waals surface area (Å²) in [6, 6.07) is 10.3. The van der Waals surface area contributed by atoms with E-state index in [-0.39, 0.29) is 16.2 Å². The summed E-state index contributed by atoms with van der Waals surface area (Å²) < 4.78 is 29.4. The zero-order valence-corrected chi connectivity index (χ0v) is 12.3. The topological polar surface area (TPSA) is 80.7 Å². The molecule has 2 aromatic rings. The lowest BCUT2D eigenvalue weighted by molar-refractivity contribution is 0.0696. The highest BCUT2D eigenvalue weighted by Crippen LogP contribution is 2.24. The molecule has 0 bridgehead atoms. The van der Waals surface area contributed by atoms with Crippen LogP contribution in [-0.2, 0) is 10.1 Å². The third kappa shape index (κ3) is 3.41. The molecule has 0 aromatic heterocycles. The van der Waals surface area contributed by atoms with E-state index in [0.29, 0.717) is 5.56 Å². The van der Waals surface area contributed by atoms with E-state index in [4.69, 9.17) is 9.29 Å². The predicted octanol–water partition coefficient (Wildman–Crippen LogP) is 2.77. The molecule has 0 saturated carbocycles. The second-order valence-electron chi connectivity index (χ2n) is 4.64. The van der Waals surface area contributed by atoms with Gasteiger partial charge >= 0.3 is 16.1 Å². The molecule has 5 nitrogen and oxygen atoms in total. The van der Waals surface area contributed by atoms with Crippen molar-refractivity contribution in [1.29, 1.82) is 0 Å². The molecule has 0 heterocycles. The Balaban J connectivity index is 2.38. The molecule has 110 valence electrons. The minimum Gasteiger partial charge on any atom is -0.478 e. The minimum atomic E-state index is -3.99. The Morgan fingerprint density at radius 1 is 1.05 bits per heavy atom. The molecule has 2 aromatic carbocycles. The number of carboxylic acid groups (broad SMARTS) is 1. The first-order valence-corrected chi connectivity index (χ1v) is 7.55. The van der Waals surface area contributed by atoms with E-state index in [0.717, 1.165) is 5.56 Å². The van der Waals surface area contributed by atoms with Gasteiger partial charge in [0.25, 0.3) is 0 Å². The lowest BCUT2D eigenvalue weighted by Crippen LogP contribution is -2.11. The molecule has 2 rings (SSSR count). The average Bonchev–Trinajstić information content (AvgIpc) is 2.41. The van der Waals surface area contributed by atoms with Crippen molar-refractivity contribution >= 4 is 16.1 Å². The third-order valence-electron chi connectivity index (χ3n) is 2.94. The largest absolute Gasteiger partial charge is 0.478 e. The third-order valence-corrected chi connectivity index (χ3v) is 4.19. The summed E-state index contributed by atoms with van der Waals surface area (Å²) in [6.07, 6.45) is 0. The molecule has 0 aliphatic heterocycles. The first-order valence-electron chi connectivity index (χ1n) is 6.15. The van der Waals surface area contributed by atoms with Gasteiger partial charge in [-0.25, -0.2) is 4.79 Å². The van der Waals surface area contributed by atoms with E-state index in [1.54, 1.807) is 19.1 Å². The highest BCUT2D eigenvalue weighted by molar-refractivity contribution is 7.87.